The third-order valence-electron chi connectivity index (χ3n) is 3.50. The van der Waals surface area contributed by atoms with Gasteiger partial charge in [-0.15, -0.1) is 0 Å². The molecular formula is C18H20ClNO2. The Labute approximate surface area is 136 Å². The number of nitrogens with one attached hydrogen (secondary N) is 1. The normalized spacial score (nSPS) is 11.8. The van der Waals surface area contributed by atoms with Crippen molar-refractivity contribution in [2.24, 2.45) is 0 Å². The zero-order valence-corrected chi connectivity index (χ0v) is 13.8. The van der Waals surface area contributed by atoms with Crippen molar-refractivity contribution in [2.75, 3.05) is 6.61 Å². The first-order valence-corrected chi connectivity index (χ1v) is 7.69. The number of ether oxygens (including phenoxy) is 1. The maximum Gasteiger partial charge on any atom is 0.251 e. The van der Waals surface area contributed by atoms with E-state index in [-0.39, 0.29) is 11.9 Å². The molecule has 1 amide bonds. The Morgan fingerprint density at radius 3 is 2.64 bits per heavy atom. The largest absolute Gasteiger partial charge is 0.492 e. The molecule has 0 unspecified atom stereocenters. The highest BCUT2D eigenvalue weighted by Gasteiger charge is 2.14. The van der Waals surface area contributed by atoms with Crippen LogP contribution >= 0.6 is 11.6 Å². The third kappa shape index (κ3) is 3.80. The molecule has 0 aliphatic rings. The van der Waals surface area contributed by atoms with Gasteiger partial charge in [-0.1, -0.05) is 35.9 Å². The first-order chi connectivity index (χ1) is 10.5. The predicted molar refractivity (Wildman–Crippen MR) is 89.7 cm³/mol. The first-order valence-electron chi connectivity index (χ1n) is 7.31. The lowest BCUT2D eigenvalue weighted by molar-refractivity contribution is 0.0940. The van der Waals surface area contributed by atoms with Crippen LogP contribution in [0, 0.1) is 6.92 Å². The second-order valence-electron chi connectivity index (χ2n) is 5.13. The van der Waals surface area contributed by atoms with Crippen LogP contribution in [-0.2, 0) is 0 Å². The number of hydrogen-bond donors (Lipinski definition) is 1. The van der Waals surface area contributed by atoms with Gasteiger partial charge in [0.2, 0.25) is 0 Å². The Bertz CT molecular complexity index is 670. The van der Waals surface area contributed by atoms with E-state index in [1.807, 2.05) is 45.0 Å². The summed E-state index contributed by atoms with van der Waals surface area (Å²) in [6.45, 7) is 6.43. The van der Waals surface area contributed by atoms with Crippen LogP contribution in [0.3, 0.4) is 0 Å². The molecule has 2 aromatic rings. The average Bonchev–Trinajstić information content (AvgIpc) is 2.49. The van der Waals surface area contributed by atoms with Crippen LogP contribution < -0.4 is 10.1 Å². The molecular weight excluding hydrogens is 298 g/mol. The van der Waals surface area contributed by atoms with Crippen molar-refractivity contribution >= 4 is 17.5 Å². The van der Waals surface area contributed by atoms with Gasteiger partial charge in [0.05, 0.1) is 17.7 Å². The smallest absolute Gasteiger partial charge is 0.251 e. The molecule has 1 N–H and O–H groups in total. The number of rotatable bonds is 5. The highest BCUT2D eigenvalue weighted by molar-refractivity contribution is 6.32. The molecule has 0 aliphatic heterocycles. The maximum atomic E-state index is 12.4. The summed E-state index contributed by atoms with van der Waals surface area (Å²) < 4.78 is 5.37. The van der Waals surface area contributed by atoms with Crippen molar-refractivity contribution in [3.8, 4) is 5.75 Å². The SMILES string of the molecule is CCOc1ccc(C(=O)N[C@@H](C)c2ccccc2C)cc1Cl. The van der Waals surface area contributed by atoms with Gasteiger partial charge in [-0.2, -0.15) is 0 Å². The van der Waals surface area contributed by atoms with Crippen LogP contribution in [0.1, 0.15) is 41.4 Å². The molecule has 3 nitrogen and oxygen atoms in total. The summed E-state index contributed by atoms with van der Waals surface area (Å²) in [6, 6.07) is 13.0. The molecule has 0 spiro atoms. The Morgan fingerprint density at radius 2 is 2.00 bits per heavy atom. The van der Waals surface area contributed by atoms with E-state index in [1.165, 1.54) is 0 Å². The van der Waals surface area contributed by atoms with Gasteiger partial charge < -0.3 is 10.1 Å². The lowest BCUT2D eigenvalue weighted by Crippen LogP contribution is -2.27. The van der Waals surface area contributed by atoms with Crippen molar-refractivity contribution in [3.63, 3.8) is 0 Å². The molecule has 2 aromatic carbocycles. The number of halogens is 1. The molecule has 4 heteroatoms. The molecule has 1 atom stereocenters. The summed E-state index contributed by atoms with van der Waals surface area (Å²) >= 11 is 6.13. The van der Waals surface area contributed by atoms with E-state index in [0.29, 0.717) is 22.9 Å². The molecule has 0 radical (unpaired) electrons. The lowest BCUT2D eigenvalue weighted by Gasteiger charge is -2.17. The second kappa shape index (κ2) is 7.32. The summed E-state index contributed by atoms with van der Waals surface area (Å²) in [7, 11) is 0. The lowest BCUT2D eigenvalue weighted by atomic mass is 10.0. The van der Waals surface area contributed by atoms with Gasteiger partial charge in [0.1, 0.15) is 5.75 Å². The Kier molecular flexibility index (Phi) is 5.45. The summed E-state index contributed by atoms with van der Waals surface area (Å²) in [5.41, 5.74) is 2.78. The highest BCUT2D eigenvalue weighted by atomic mass is 35.5. The van der Waals surface area contributed by atoms with Crippen LogP contribution in [0.15, 0.2) is 42.5 Å². The van der Waals surface area contributed by atoms with Crippen molar-refractivity contribution in [3.05, 3.63) is 64.2 Å². The number of aryl methyl sites for hydroxylation is 1. The van der Waals surface area contributed by atoms with Crippen LogP contribution in [0.25, 0.3) is 0 Å². The van der Waals surface area contributed by atoms with Gasteiger partial charge in [0.25, 0.3) is 5.91 Å². The van der Waals surface area contributed by atoms with E-state index >= 15 is 0 Å². The molecule has 2 rings (SSSR count). The zero-order chi connectivity index (χ0) is 16.1. The van der Waals surface area contributed by atoms with Crippen molar-refractivity contribution in [2.45, 2.75) is 26.8 Å². The Morgan fingerprint density at radius 1 is 1.27 bits per heavy atom. The maximum absolute atomic E-state index is 12.4. The summed E-state index contributed by atoms with van der Waals surface area (Å²) in [4.78, 5) is 12.4. The number of benzene rings is 2. The van der Waals surface area contributed by atoms with E-state index < -0.39 is 0 Å². The Balaban J connectivity index is 2.12. The van der Waals surface area contributed by atoms with Crippen molar-refractivity contribution in [1.82, 2.24) is 5.32 Å². The van der Waals surface area contributed by atoms with E-state index in [2.05, 4.69) is 5.32 Å². The van der Waals surface area contributed by atoms with Crippen LogP contribution in [0.2, 0.25) is 5.02 Å². The van der Waals surface area contributed by atoms with Gasteiger partial charge in [-0.05, 0) is 50.1 Å². The summed E-state index contributed by atoms with van der Waals surface area (Å²) in [6.07, 6.45) is 0. The minimum absolute atomic E-state index is 0.0703. The highest BCUT2D eigenvalue weighted by Crippen LogP contribution is 2.26. The fourth-order valence-electron chi connectivity index (χ4n) is 2.34. The first kappa shape index (κ1) is 16.4. The molecule has 0 aliphatic carbocycles. The topological polar surface area (TPSA) is 38.3 Å². The summed E-state index contributed by atoms with van der Waals surface area (Å²) in [5.74, 6) is 0.438. The molecule has 0 fully saturated rings. The van der Waals surface area contributed by atoms with E-state index in [4.69, 9.17) is 16.3 Å². The Hall–Kier alpha value is -2.00. The molecule has 0 saturated heterocycles. The minimum atomic E-state index is -0.152. The van der Waals surface area contributed by atoms with E-state index in [9.17, 15) is 4.79 Å². The van der Waals surface area contributed by atoms with Gasteiger partial charge in [-0.3, -0.25) is 4.79 Å². The van der Waals surface area contributed by atoms with Crippen molar-refractivity contribution in [1.29, 1.82) is 0 Å². The fourth-order valence-corrected chi connectivity index (χ4v) is 2.58. The van der Waals surface area contributed by atoms with E-state index in [0.717, 1.165) is 11.1 Å². The van der Waals surface area contributed by atoms with Gasteiger partial charge >= 0.3 is 0 Å². The number of hydrogen-bond acceptors (Lipinski definition) is 2. The number of carbonyl (C=O) groups excluding carboxylic acids is 1. The second-order valence-corrected chi connectivity index (χ2v) is 5.54. The van der Waals surface area contributed by atoms with Crippen molar-refractivity contribution < 1.29 is 9.53 Å². The molecule has 0 bridgehead atoms. The van der Waals surface area contributed by atoms with Gasteiger partial charge in [0.15, 0.2) is 0 Å². The number of carbonyl (C=O) groups is 1. The predicted octanol–water partition coefficient (Wildman–Crippen LogP) is 4.54. The number of amides is 1. The molecule has 22 heavy (non-hydrogen) atoms. The zero-order valence-electron chi connectivity index (χ0n) is 13.0. The molecule has 0 aromatic heterocycles. The molecule has 0 saturated carbocycles. The minimum Gasteiger partial charge on any atom is -0.492 e. The van der Waals surface area contributed by atoms with Gasteiger partial charge in [0, 0.05) is 5.56 Å². The monoisotopic (exact) mass is 317 g/mol. The molecule has 116 valence electrons. The average molecular weight is 318 g/mol. The standard InChI is InChI=1S/C18H20ClNO2/c1-4-22-17-10-9-14(11-16(17)19)18(21)20-13(3)15-8-6-5-7-12(15)2/h5-11,13H,4H2,1-3H3,(H,20,21)/t13-/m0/s1. The molecule has 0 heterocycles. The third-order valence-corrected chi connectivity index (χ3v) is 3.79. The fraction of sp³-hybridized carbons (Fsp3) is 0.278. The van der Waals surface area contributed by atoms with E-state index in [1.54, 1.807) is 18.2 Å². The summed E-state index contributed by atoms with van der Waals surface area (Å²) in [5, 5.41) is 3.44. The van der Waals surface area contributed by atoms with Gasteiger partial charge in [-0.25, -0.2) is 0 Å². The van der Waals surface area contributed by atoms with Crippen LogP contribution in [-0.4, -0.2) is 12.5 Å². The van der Waals surface area contributed by atoms with Crippen LogP contribution in [0.4, 0.5) is 0 Å². The van der Waals surface area contributed by atoms with Crippen LogP contribution in [0.5, 0.6) is 5.75 Å². The quantitative estimate of drug-likeness (QED) is 0.879.